The molecule has 3 aromatic rings. The lowest BCUT2D eigenvalue weighted by atomic mass is 10.0. The van der Waals surface area contributed by atoms with Crippen molar-refractivity contribution in [2.24, 2.45) is 0 Å². The van der Waals surface area contributed by atoms with Gasteiger partial charge in [0.2, 0.25) is 5.91 Å². The number of nitrogens with one attached hydrogen (secondary N) is 1. The molecule has 2 aliphatic rings. The molecule has 0 aromatic heterocycles. The summed E-state index contributed by atoms with van der Waals surface area (Å²) in [6, 6.07) is 21.0. The molecular weight excluding hydrogens is 502 g/mol. The maximum Gasteiger partial charge on any atom is 0.254 e. The van der Waals surface area contributed by atoms with Gasteiger partial charge in [0.25, 0.3) is 5.91 Å². The molecule has 0 aliphatic carbocycles. The van der Waals surface area contributed by atoms with E-state index in [9.17, 15) is 19.5 Å². The van der Waals surface area contributed by atoms with Crippen LogP contribution in [-0.4, -0.2) is 63.7 Å². The van der Waals surface area contributed by atoms with Crippen LogP contribution in [0.4, 0.5) is 0 Å². The highest BCUT2D eigenvalue weighted by atomic mass is 35.5. The summed E-state index contributed by atoms with van der Waals surface area (Å²) in [6.07, 6.45) is 0.843. The summed E-state index contributed by atoms with van der Waals surface area (Å²) in [5.74, 6) is -0.442. The number of halogens is 1. The minimum atomic E-state index is -0.726. The normalized spacial score (nSPS) is 19.2. The number of phenolic OH excluding ortho intramolecular Hbond substituents is 1. The van der Waals surface area contributed by atoms with Crippen molar-refractivity contribution in [2.45, 2.75) is 31.0 Å². The monoisotopic (exact) mass is 529 g/mol. The maximum absolute atomic E-state index is 14.0. The number of ketones is 1. The van der Waals surface area contributed by atoms with Gasteiger partial charge in [-0.3, -0.25) is 14.4 Å². The zero-order valence-corrected chi connectivity index (χ0v) is 21.5. The number of rotatable bonds is 7. The first-order chi connectivity index (χ1) is 18.3. The predicted molar refractivity (Wildman–Crippen MR) is 146 cm³/mol. The van der Waals surface area contributed by atoms with Crippen molar-refractivity contribution in [2.75, 3.05) is 13.1 Å². The van der Waals surface area contributed by atoms with Gasteiger partial charge >= 0.3 is 0 Å². The van der Waals surface area contributed by atoms with Crippen LogP contribution >= 0.6 is 11.6 Å². The topological polar surface area (TPSA) is 89.9 Å². The number of nitrogens with zero attached hydrogens (tertiary/aromatic N) is 2. The smallest absolute Gasteiger partial charge is 0.254 e. The Balaban J connectivity index is 1.38. The zero-order valence-electron chi connectivity index (χ0n) is 20.7. The first kappa shape index (κ1) is 25.5. The van der Waals surface area contributed by atoms with E-state index in [1.807, 2.05) is 18.2 Å². The lowest BCUT2D eigenvalue weighted by molar-refractivity contribution is -0.137. The first-order valence-corrected chi connectivity index (χ1v) is 12.9. The average molecular weight is 530 g/mol. The van der Waals surface area contributed by atoms with Crippen molar-refractivity contribution in [3.63, 3.8) is 0 Å². The number of aromatic hydroxyl groups is 1. The van der Waals surface area contributed by atoms with Gasteiger partial charge < -0.3 is 20.2 Å². The number of benzene rings is 3. The van der Waals surface area contributed by atoms with Crippen molar-refractivity contribution in [3.05, 3.63) is 107 Å². The second kappa shape index (κ2) is 10.7. The van der Waals surface area contributed by atoms with Gasteiger partial charge in [0.15, 0.2) is 5.78 Å². The molecule has 0 radical (unpaired) electrons. The second-order valence-corrected chi connectivity index (χ2v) is 10.1. The standard InChI is InChI=1S/C30H28ClN3O4/c1-19(22-8-5-9-23(31)17-22)32-25(16-20-10-12-24(35)13-11-20)30(38)33-15-14-26-28(33)27(36)18-34(26)29(37)21-6-3-2-4-7-21/h2-13,17,25-26,28,32,35H,1,14-16,18H2/t25-,26+,28-/m0/s1. The number of fused-ring (bicyclic) bond motifs is 1. The van der Waals surface area contributed by atoms with E-state index in [1.165, 1.54) is 0 Å². The Kier molecular flexibility index (Phi) is 7.20. The highest BCUT2D eigenvalue weighted by Gasteiger charge is 2.52. The third-order valence-corrected chi connectivity index (χ3v) is 7.42. The molecule has 0 unspecified atom stereocenters. The summed E-state index contributed by atoms with van der Waals surface area (Å²) in [5, 5.41) is 13.5. The van der Waals surface area contributed by atoms with Crippen molar-refractivity contribution in [1.82, 2.24) is 15.1 Å². The van der Waals surface area contributed by atoms with E-state index in [0.29, 0.717) is 35.7 Å². The second-order valence-electron chi connectivity index (χ2n) is 9.65. The molecule has 38 heavy (non-hydrogen) atoms. The van der Waals surface area contributed by atoms with Gasteiger partial charge in [-0.2, -0.15) is 0 Å². The Labute approximate surface area is 226 Å². The van der Waals surface area contributed by atoms with Crippen LogP contribution in [0.15, 0.2) is 85.4 Å². The van der Waals surface area contributed by atoms with Gasteiger partial charge in [0.05, 0.1) is 12.6 Å². The van der Waals surface area contributed by atoms with Crippen LogP contribution < -0.4 is 5.32 Å². The van der Waals surface area contributed by atoms with E-state index < -0.39 is 12.1 Å². The number of hydrogen-bond donors (Lipinski definition) is 2. The first-order valence-electron chi connectivity index (χ1n) is 12.5. The van der Waals surface area contributed by atoms with Gasteiger partial charge in [-0.1, -0.05) is 60.6 Å². The largest absolute Gasteiger partial charge is 0.508 e. The Morgan fingerprint density at radius 3 is 2.42 bits per heavy atom. The Bertz CT molecular complexity index is 1380. The Hall–Kier alpha value is -4.10. The molecule has 3 aromatic carbocycles. The number of amides is 2. The number of phenols is 1. The highest BCUT2D eigenvalue weighted by Crippen LogP contribution is 2.32. The molecule has 2 fully saturated rings. The van der Waals surface area contributed by atoms with E-state index >= 15 is 0 Å². The number of carbonyl (C=O) groups is 3. The molecule has 2 aliphatic heterocycles. The summed E-state index contributed by atoms with van der Waals surface area (Å²) in [4.78, 5) is 43.5. The number of Topliss-reactive ketones (excluding diaryl/α,β-unsaturated/α-hetero) is 1. The fourth-order valence-corrected chi connectivity index (χ4v) is 5.51. The quantitative estimate of drug-likeness (QED) is 0.484. The van der Waals surface area contributed by atoms with Gasteiger partial charge in [0.1, 0.15) is 17.8 Å². The molecular formula is C30H28ClN3O4. The minimum absolute atomic E-state index is 0.0158. The fraction of sp³-hybridized carbons (Fsp3) is 0.233. The van der Waals surface area contributed by atoms with Crippen molar-refractivity contribution in [1.29, 1.82) is 0 Å². The molecule has 2 saturated heterocycles. The molecule has 2 amide bonds. The lowest BCUT2D eigenvalue weighted by Crippen LogP contribution is -2.51. The Morgan fingerprint density at radius 1 is 1.00 bits per heavy atom. The van der Waals surface area contributed by atoms with Crippen LogP contribution in [0, 0.1) is 0 Å². The predicted octanol–water partition coefficient (Wildman–Crippen LogP) is 3.91. The number of carbonyl (C=O) groups excluding carboxylic acids is 3. The Morgan fingerprint density at radius 2 is 1.71 bits per heavy atom. The zero-order chi connectivity index (χ0) is 26.8. The van der Waals surface area contributed by atoms with Crippen LogP contribution in [-0.2, 0) is 16.0 Å². The molecule has 2 N–H and O–H groups in total. The van der Waals surface area contributed by atoms with E-state index in [1.54, 1.807) is 70.5 Å². The SMILES string of the molecule is C=C(N[C@@H](Cc1ccc(O)cc1)C(=O)N1CC[C@@H]2[C@H]1C(=O)CN2C(=O)c1ccccc1)c1cccc(Cl)c1. The summed E-state index contributed by atoms with van der Waals surface area (Å²) >= 11 is 6.16. The molecule has 3 atom stereocenters. The molecule has 0 bridgehead atoms. The third kappa shape index (κ3) is 5.15. The van der Waals surface area contributed by atoms with Crippen molar-refractivity contribution < 1.29 is 19.5 Å². The fourth-order valence-electron chi connectivity index (χ4n) is 5.32. The molecule has 5 rings (SSSR count). The number of hydrogen-bond acceptors (Lipinski definition) is 5. The van der Waals surface area contributed by atoms with Crippen LogP contribution in [0.1, 0.15) is 27.9 Å². The highest BCUT2D eigenvalue weighted by molar-refractivity contribution is 6.30. The molecule has 0 spiro atoms. The van der Waals surface area contributed by atoms with Gasteiger partial charge in [-0.15, -0.1) is 0 Å². The summed E-state index contributed by atoms with van der Waals surface area (Å²) in [5.41, 5.74) is 2.63. The van der Waals surface area contributed by atoms with Crippen LogP contribution in [0.2, 0.25) is 5.02 Å². The lowest BCUT2D eigenvalue weighted by Gasteiger charge is -2.29. The minimum Gasteiger partial charge on any atom is -0.508 e. The van der Waals surface area contributed by atoms with E-state index in [-0.39, 0.29) is 35.9 Å². The van der Waals surface area contributed by atoms with Gasteiger partial charge in [-0.05, 0) is 53.9 Å². The summed E-state index contributed by atoms with van der Waals surface area (Å²) in [6.45, 7) is 4.48. The third-order valence-electron chi connectivity index (χ3n) is 7.18. The molecule has 194 valence electrons. The average Bonchev–Trinajstić information content (AvgIpc) is 3.50. The van der Waals surface area contributed by atoms with Crippen LogP contribution in [0.25, 0.3) is 5.70 Å². The molecule has 8 heteroatoms. The van der Waals surface area contributed by atoms with E-state index in [2.05, 4.69) is 11.9 Å². The van der Waals surface area contributed by atoms with E-state index in [4.69, 9.17) is 11.6 Å². The van der Waals surface area contributed by atoms with Crippen LogP contribution in [0.5, 0.6) is 5.75 Å². The van der Waals surface area contributed by atoms with Crippen LogP contribution in [0.3, 0.4) is 0 Å². The summed E-state index contributed by atoms with van der Waals surface area (Å²) < 4.78 is 0. The maximum atomic E-state index is 14.0. The van der Waals surface area contributed by atoms with Crippen molar-refractivity contribution in [3.8, 4) is 5.75 Å². The van der Waals surface area contributed by atoms with Gasteiger partial charge in [0, 0.05) is 29.2 Å². The molecule has 7 nitrogen and oxygen atoms in total. The van der Waals surface area contributed by atoms with Gasteiger partial charge in [-0.25, -0.2) is 0 Å². The van der Waals surface area contributed by atoms with Crippen molar-refractivity contribution >= 4 is 34.9 Å². The van der Waals surface area contributed by atoms with E-state index in [0.717, 1.165) is 11.1 Å². The summed E-state index contributed by atoms with van der Waals surface area (Å²) in [7, 11) is 0. The molecule has 0 saturated carbocycles. The number of likely N-dealkylation sites (tertiary alicyclic amines) is 2. The molecule has 2 heterocycles.